The zero-order chi connectivity index (χ0) is 22.0. The third-order valence-electron chi connectivity index (χ3n) is 5.47. The average Bonchev–Trinajstić information content (AvgIpc) is 3.35. The topological polar surface area (TPSA) is 82.2 Å². The van der Waals surface area contributed by atoms with Crippen molar-refractivity contribution in [2.75, 3.05) is 13.7 Å². The van der Waals surface area contributed by atoms with Crippen LogP contribution in [-0.2, 0) is 22.1 Å². The molecule has 3 aromatic rings. The van der Waals surface area contributed by atoms with E-state index in [1.54, 1.807) is 13.2 Å². The Bertz CT molecular complexity index is 1080. The molecule has 0 bridgehead atoms. The highest BCUT2D eigenvalue weighted by atomic mass is 127. The summed E-state index contributed by atoms with van der Waals surface area (Å²) in [6.45, 7) is 1.04. The fourth-order valence-corrected chi connectivity index (χ4v) is 5.67. The van der Waals surface area contributed by atoms with Gasteiger partial charge in [-0.05, 0) is 36.6 Å². The van der Waals surface area contributed by atoms with Crippen molar-refractivity contribution in [3.05, 3.63) is 63.2 Å². The minimum absolute atomic E-state index is 0.0806. The highest BCUT2D eigenvalue weighted by molar-refractivity contribution is 14.1. The van der Waals surface area contributed by atoms with Gasteiger partial charge in [0.2, 0.25) is 0 Å². The van der Waals surface area contributed by atoms with Crippen molar-refractivity contribution in [3.8, 4) is 11.3 Å². The van der Waals surface area contributed by atoms with Crippen LogP contribution in [0.25, 0.3) is 11.3 Å². The van der Waals surface area contributed by atoms with Gasteiger partial charge < -0.3 is 15.8 Å². The average molecular weight is 554 g/mol. The first-order valence-electron chi connectivity index (χ1n) is 10.1. The number of benzene rings is 1. The Kier molecular flexibility index (Phi) is 7.05. The normalized spacial score (nSPS) is 16.3. The number of ether oxygens (including phenoxy) is 1. The second kappa shape index (κ2) is 9.76. The van der Waals surface area contributed by atoms with E-state index in [2.05, 4.69) is 33.0 Å². The van der Waals surface area contributed by atoms with E-state index in [1.807, 2.05) is 23.0 Å². The van der Waals surface area contributed by atoms with E-state index in [0.717, 1.165) is 44.7 Å². The highest BCUT2D eigenvalue weighted by Crippen LogP contribution is 2.42. The van der Waals surface area contributed by atoms with Gasteiger partial charge in [0.1, 0.15) is 5.82 Å². The van der Waals surface area contributed by atoms with Gasteiger partial charge in [-0.1, -0.05) is 34.7 Å². The monoisotopic (exact) mass is 554 g/mol. The number of hydrogen-bond acceptors (Lipinski definition) is 5. The number of nitrogens with zero attached hydrogens (tertiary/aromatic N) is 2. The molecule has 0 radical (unpaired) electrons. The van der Waals surface area contributed by atoms with Gasteiger partial charge in [0.25, 0.3) is 5.91 Å². The first kappa shape index (κ1) is 22.4. The first-order chi connectivity index (χ1) is 15.0. The van der Waals surface area contributed by atoms with Crippen molar-refractivity contribution in [2.24, 2.45) is 5.73 Å². The summed E-state index contributed by atoms with van der Waals surface area (Å²) < 4.78 is 22.1. The molecule has 0 spiro atoms. The molecule has 6 nitrogen and oxygen atoms in total. The fraction of sp³-hybridized carbons (Fsp3) is 0.364. The lowest BCUT2D eigenvalue weighted by atomic mass is 10.1. The molecule has 0 aliphatic carbocycles. The number of nitrogens with two attached hydrogens (primary N) is 1. The Labute approximate surface area is 198 Å². The lowest BCUT2D eigenvalue weighted by molar-refractivity contribution is 0.0941. The molecule has 3 N–H and O–H groups in total. The van der Waals surface area contributed by atoms with Crippen LogP contribution >= 0.6 is 33.9 Å². The summed E-state index contributed by atoms with van der Waals surface area (Å²) >= 11 is 3.79. The summed E-state index contributed by atoms with van der Waals surface area (Å²) in [5, 5.41) is 7.55. The van der Waals surface area contributed by atoms with Gasteiger partial charge in [-0.15, -0.1) is 11.3 Å². The highest BCUT2D eigenvalue weighted by Gasteiger charge is 2.29. The lowest BCUT2D eigenvalue weighted by Crippen LogP contribution is -2.41. The standard InChI is InChI=1S/C22H24FIN4O2S/c1-30-18-5-6-28-20(14(10-24)12-26-28)17-9-19(31-21(17)18)22(29)27-16(11-25)8-13-3-2-4-15(23)7-13/h2-4,7,9,12,16,18H,5-6,8,10-11,25H2,1H3,(H,27,29)/t16-,18?/m0/s1. The predicted molar refractivity (Wildman–Crippen MR) is 128 cm³/mol. The number of carbonyl (C=O) groups excluding carboxylic acids is 1. The minimum atomic E-state index is -0.296. The van der Waals surface area contributed by atoms with Crippen molar-refractivity contribution < 1.29 is 13.9 Å². The molecule has 1 unspecified atom stereocenters. The number of carbonyl (C=O) groups is 1. The van der Waals surface area contributed by atoms with Crippen LogP contribution in [0.2, 0.25) is 0 Å². The number of methoxy groups -OCH3 is 1. The molecule has 2 atom stereocenters. The molecule has 2 aromatic heterocycles. The fourth-order valence-electron chi connectivity index (χ4n) is 3.94. The first-order valence-corrected chi connectivity index (χ1v) is 12.4. The van der Waals surface area contributed by atoms with Crippen LogP contribution in [0.5, 0.6) is 0 Å². The van der Waals surface area contributed by atoms with E-state index in [0.29, 0.717) is 11.3 Å². The summed E-state index contributed by atoms with van der Waals surface area (Å²) in [6.07, 6.45) is 3.09. The van der Waals surface area contributed by atoms with E-state index in [4.69, 9.17) is 10.5 Å². The van der Waals surface area contributed by atoms with E-state index in [9.17, 15) is 9.18 Å². The van der Waals surface area contributed by atoms with Crippen LogP contribution < -0.4 is 11.1 Å². The number of aromatic nitrogens is 2. The lowest BCUT2D eigenvalue weighted by Gasteiger charge is -2.16. The molecule has 9 heteroatoms. The molecule has 1 aromatic carbocycles. The van der Waals surface area contributed by atoms with Crippen LogP contribution in [0.15, 0.2) is 36.5 Å². The van der Waals surface area contributed by atoms with Crippen molar-refractivity contribution in [1.29, 1.82) is 0 Å². The predicted octanol–water partition coefficient (Wildman–Crippen LogP) is 4.08. The molecule has 0 saturated heterocycles. The van der Waals surface area contributed by atoms with Crippen LogP contribution in [0.3, 0.4) is 0 Å². The van der Waals surface area contributed by atoms with E-state index in [-0.39, 0.29) is 30.4 Å². The van der Waals surface area contributed by atoms with Crippen LogP contribution in [0, 0.1) is 5.82 Å². The van der Waals surface area contributed by atoms with Gasteiger partial charge in [-0.25, -0.2) is 4.39 Å². The number of rotatable bonds is 7. The summed E-state index contributed by atoms with van der Waals surface area (Å²) in [4.78, 5) is 14.7. The largest absolute Gasteiger partial charge is 0.376 e. The SMILES string of the molecule is COC1CCn2ncc(CI)c2-c2cc(C(=O)N[C@H](CN)Cc3cccc(F)c3)sc21. The van der Waals surface area contributed by atoms with Gasteiger partial charge in [-0.2, -0.15) is 5.10 Å². The Balaban J connectivity index is 1.61. The molecule has 1 amide bonds. The third kappa shape index (κ3) is 4.69. The maximum atomic E-state index is 13.5. The molecule has 31 heavy (non-hydrogen) atoms. The summed E-state index contributed by atoms with van der Waals surface area (Å²) in [5.41, 5.74) is 9.92. The summed E-state index contributed by atoms with van der Waals surface area (Å²) in [5.74, 6) is -0.475. The molecule has 164 valence electrons. The van der Waals surface area contributed by atoms with Crippen LogP contribution in [0.1, 0.15) is 38.2 Å². The quantitative estimate of drug-likeness (QED) is 0.341. The Morgan fingerprint density at radius 2 is 2.32 bits per heavy atom. The smallest absolute Gasteiger partial charge is 0.261 e. The number of nitrogens with one attached hydrogen (secondary N) is 1. The summed E-state index contributed by atoms with van der Waals surface area (Å²) in [7, 11) is 1.70. The Hall–Kier alpha value is -1.82. The number of thiophene rings is 1. The number of fused-ring (bicyclic) bond motifs is 3. The van der Waals surface area contributed by atoms with Gasteiger partial charge in [0.05, 0.1) is 22.9 Å². The Morgan fingerprint density at radius 3 is 3.03 bits per heavy atom. The number of hydrogen-bond donors (Lipinski definition) is 2. The van der Waals surface area contributed by atoms with E-state index < -0.39 is 0 Å². The number of alkyl halides is 1. The molecular weight excluding hydrogens is 530 g/mol. The second-order valence-electron chi connectivity index (χ2n) is 7.52. The van der Waals surface area contributed by atoms with E-state index >= 15 is 0 Å². The number of amides is 1. The molecule has 0 fully saturated rings. The summed E-state index contributed by atoms with van der Waals surface area (Å²) in [6, 6.07) is 8.02. The zero-order valence-corrected chi connectivity index (χ0v) is 20.1. The minimum Gasteiger partial charge on any atom is -0.376 e. The van der Waals surface area contributed by atoms with Crippen molar-refractivity contribution in [1.82, 2.24) is 15.1 Å². The number of halogens is 2. The third-order valence-corrected chi connectivity index (χ3v) is 7.52. The van der Waals surface area contributed by atoms with Crippen molar-refractivity contribution in [3.63, 3.8) is 0 Å². The number of aryl methyl sites for hydroxylation is 1. The van der Waals surface area contributed by atoms with Gasteiger partial charge in [-0.3, -0.25) is 9.48 Å². The van der Waals surface area contributed by atoms with E-state index in [1.165, 1.54) is 23.5 Å². The molecular formula is C22H24FIN4O2S. The maximum Gasteiger partial charge on any atom is 0.261 e. The second-order valence-corrected chi connectivity index (χ2v) is 9.36. The molecule has 3 heterocycles. The van der Waals surface area contributed by atoms with Crippen LogP contribution in [-0.4, -0.2) is 35.4 Å². The van der Waals surface area contributed by atoms with Gasteiger partial charge in [0.15, 0.2) is 0 Å². The van der Waals surface area contributed by atoms with Crippen molar-refractivity contribution in [2.45, 2.75) is 36.0 Å². The van der Waals surface area contributed by atoms with Crippen molar-refractivity contribution >= 4 is 39.8 Å². The molecule has 1 aliphatic rings. The van der Waals surface area contributed by atoms with Gasteiger partial charge >= 0.3 is 0 Å². The van der Waals surface area contributed by atoms with Crippen LogP contribution in [0.4, 0.5) is 4.39 Å². The zero-order valence-electron chi connectivity index (χ0n) is 17.1. The van der Waals surface area contributed by atoms with Gasteiger partial charge in [0, 0.05) is 46.7 Å². The Morgan fingerprint density at radius 1 is 1.48 bits per heavy atom. The molecule has 0 saturated carbocycles. The maximum absolute atomic E-state index is 13.5. The molecule has 1 aliphatic heterocycles. The molecule has 4 rings (SSSR count).